The average molecular weight is 352 g/mol. The van der Waals surface area contributed by atoms with Crippen molar-refractivity contribution in [3.8, 4) is 0 Å². The second kappa shape index (κ2) is 8.37. The summed E-state index contributed by atoms with van der Waals surface area (Å²) in [6.45, 7) is 7.08. The van der Waals surface area contributed by atoms with Gasteiger partial charge in [-0.25, -0.2) is 0 Å². The number of hydrogen-bond acceptors (Lipinski definition) is 8. The lowest BCUT2D eigenvalue weighted by Gasteiger charge is -2.43. The molecular formula is C16H32O8. The zero-order chi connectivity index (χ0) is 18.7. The van der Waals surface area contributed by atoms with Crippen molar-refractivity contribution in [1.82, 2.24) is 0 Å². The Labute approximate surface area is 142 Å². The molecule has 2 fully saturated rings. The summed E-state index contributed by atoms with van der Waals surface area (Å²) in [6, 6.07) is 0. The zero-order valence-electron chi connectivity index (χ0n) is 14.8. The summed E-state index contributed by atoms with van der Waals surface area (Å²) < 4.78 is 9.83. The summed E-state index contributed by atoms with van der Waals surface area (Å²) in [5.74, 6) is 0. The molecule has 0 aromatic rings. The maximum absolute atomic E-state index is 9.58. The molecule has 8 atom stereocenters. The van der Waals surface area contributed by atoms with Crippen LogP contribution in [0.1, 0.15) is 40.5 Å². The summed E-state index contributed by atoms with van der Waals surface area (Å²) in [4.78, 5) is 0. The maximum Gasteiger partial charge on any atom is 0.162 e. The van der Waals surface area contributed by atoms with Crippen molar-refractivity contribution < 1.29 is 40.1 Å². The maximum atomic E-state index is 9.58. The molecule has 0 aromatic carbocycles. The van der Waals surface area contributed by atoms with E-state index in [1.807, 2.05) is 13.8 Å². The second-order valence-electron chi connectivity index (χ2n) is 7.11. The topological polar surface area (TPSA) is 140 Å². The zero-order valence-corrected chi connectivity index (χ0v) is 14.8. The minimum Gasteiger partial charge on any atom is -0.390 e. The normalized spacial score (nSPS) is 49.2. The molecule has 2 aliphatic heterocycles. The molecule has 0 unspecified atom stereocenters. The van der Waals surface area contributed by atoms with Gasteiger partial charge in [0.25, 0.3) is 0 Å². The van der Waals surface area contributed by atoms with E-state index in [1.54, 1.807) is 13.8 Å². The van der Waals surface area contributed by atoms with Crippen LogP contribution in [-0.4, -0.2) is 80.8 Å². The minimum atomic E-state index is -0.985. The molecule has 0 radical (unpaired) electrons. The highest BCUT2D eigenvalue weighted by Gasteiger charge is 2.47. The van der Waals surface area contributed by atoms with E-state index in [0.29, 0.717) is 12.8 Å². The molecule has 0 aromatic heterocycles. The fourth-order valence-electron chi connectivity index (χ4n) is 2.88. The summed E-state index contributed by atoms with van der Waals surface area (Å²) in [5, 5.41) is 56.6. The van der Waals surface area contributed by atoms with E-state index in [4.69, 9.17) is 9.47 Å². The lowest BCUT2D eigenvalue weighted by Crippen LogP contribution is -2.55. The van der Waals surface area contributed by atoms with Crippen LogP contribution in [0.25, 0.3) is 0 Å². The van der Waals surface area contributed by atoms with Gasteiger partial charge in [-0.3, -0.25) is 0 Å². The second-order valence-corrected chi connectivity index (χ2v) is 7.11. The molecule has 144 valence electrons. The van der Waals surface area contributed by atoms with Gasteiger partial charge in [0.15, 0.2) is 12.6 Å². The van der Waals surface area contributed by atoms with E-state index in [1.165, 1.54) is 0 Å². The lowest BCUT2D eigenvalue weighted by molar-refractivity contribution is -0.269. The first-order chi connectivity index (χ1) is 11.0. The fraction of sp³-hybridized carbons (Fsp3) is 1.00. The van der Waals surface area contributed by atoms with Gasteiger partial charge < -0.3 is 40.1 Å². The van der Waals surface area contributed by atoms with Gasteiger partial charge in [0, 0.05) is 10.8 Å². The number of ether oxygens (including phenoxy) is 2. The molecule has 8 nitrogen and oxygen atoms in total. The van der Waals surface area contributed by atoms with Gasteiger partial charge in [0.05, 0.1) is 25.4 Å². The molecular weight excluding hydrogens is 320 g/mol. The van der Waals surface area contributed by atoms with Gasteiger partial charge in [0.1, 0.15) is 12.2 Å². The van der Waals surface area contributed by atoms with Crippen molar-refractivity contribution in [2.24, 2.45) is 10.8 Å². The molecule has 0 aliphatic carbocycles. The third-order valence-electron chi connectivity index (χ3n) is 5.58. The van der Waals surface area contributed by atoms with Crippen molar-refractivity contribution in [3.63, 3.8) is 0 Å². The van der Waals surface area contributed by atoms with Gasteiger partial charge in [-0.2, -0.15) is 0 Å². The molecule has 2 saturated heterocycles. The van der Waals surface area contributed by atoms with Crippen LogP contribution < -0.4 is 0 Å². The highest BCUT2D eigenvalue weighted by molar-refractivity contribution is 4.92. The summed E-state index contributed by atoms with van der Waals surface area (Å²) in [5.41, 5.74) is -1.50. The third kappa shape index (κ3) is 4.08. The molecule has 0 saturated carbocycles. The first-order valence-electron chi connectivity index (χ1n) is 8.36. The van der Waals surface area contributed by atoms with Crippen LogP contribution in [0.15, 0.2) is 0 Å². The van der Waals surface area contributed by atoms with E-state index < -0.39 is 47.8 Å². The smallest absolute Gasteiger partial charge is 0.162 e. The fourth-order valence-corrected chi connectivity index (χ4v) is 2.88. The van der Waals surface area contributed by atoms with Gasteiger partial charge >= 0.3 is 0 Å². The number of aliphatic hydroxyl groups is 6. The average Bonchev–Trinajstić information content (AvgIpc) is 2.58. The monoisotopic (exact) mass is 352 g/mol. The van der Waals surface area contributed by atoms with Crippen LogP contribution in [0.3, 0.4) is 0 Å². The predicted molar refractivity (Wildman–Crippen MR) is 84.7 cm³/mol. The first-order valence-corrected chi connectivity index (χ1v) is 8.36. The quantitative estimate of drug-likeness (QED) is 0.370. The van der Waals surface area contributed by atoms with Crippen LogP contribution in [0.4, 0.5) is 0 Å². The Morgan fingerprint density at radius 1 is 0.708 bits per heavy atom. The van der Waals surface area contributed by atoms with E-state index in [-0.39, 0.29) is 13.2 Å². The summed E-state index contributed by atoms with van der Waals surface area (Å²) >= 11 is 0. The van der Waals surface area contributed by atoms with Crippen LogP contribution in [0.5, 0.6) is 0 Å². The summed E-state index contributed by atoms with van der Waals surface area (Å²) in [7, 11) is 0. The Bertz CT molecular complexity index is 358. The number of hydrogen-bond donors (Lipinski definition) is 6. The molecule has 8 heteroatoms. The van der Waals surface area contributed by atoms with Gasteiger partial charge in [-0.1, -0.05) is 27.7 Å². The molecule has 2 heterocycles. The standard InChI is InChI=1S/2C8H16O4/c2*1-3-8(2)6(10)5(9)4-12-7(8)11/h2*5-7,9-11H,3-4H2,1-2H3/t2*5-,6+,7+,8-/m11/s1. The predicted octanol–water partition coefficient (Wildman–Crippen LogP) is -1.05. The largest absolute Gasteiger partial charge is 0.390 e. The van der Waals surface area contributed by atoms with Crippen LogP contribution >= 0.6 is 0 Å². The van der Waals surface area contributed by atoms with Crippen molar-refractivity contribution in [2.45, 2.75) is 77.5 Å². The molecule has 0 amide bonds. The Kier molecular flexibility index (Phi) is 7.58. The highest BCUT2D eigenvalue weighted by atomic mass is 16.6. The lowest BCUT2D eigenvalue weighted by atomic mass is 9.77. The molecule has 6 N–H and O–H groups in total. The van der Waals surface area contributed by atoms with Crippen molar-refractivity contribution in [2.75, 3.05) is 13.2 Å². The van der Waals surface area contributed by atoms with Crippen LogP contribution in [0, 0.1) is 10.8 Å². The van der Waals surface area contributed by atoms with Crippen LogP contribution in [0.2, 0.25) is 0 Å². The van der Waals surface area contributed by atoms with E-state index in [0.717, 1.165) is 0 Å². The number of aliphatic hydroxyl groups excluding tert-OH is 6. The molecule has 2 aliphatic rings. The Balaban J connectivity index is 0.000000240. The summed E-state index contributed by atoms with van der Waals surface area (Å²) in [6.07, 6.45) is -4.45. The van der Waals surface area contributed by atoms with E-state index in [2.05, 4.69) is 0 Å². The molecule has 24 heavy (non-hydrogen) atoms. The van der Waals surface area contributed by atoms with E-state index >= 15 is 0 Å². The van der Waals surface area contributed by atoms with Gasteiger partial charge in [0.2, 0.25) is 0 Å². The van der Waals surface area contributed by atoms with Crippen molar-refractivity contribution in [1.29, 1.82) is 0 Å². The van der Waals surface area contributed by atoms with E-state index in [9.17, 15) is 30.6 Å². The third-order valence-corrected chi connectivity index (χ3v) is 5.58. The Morgan fingerprint density at radius 2 is 1.00 bits per heavy atom. The minimum absolute atomic E-state index is 0.00206. The Hall–Kier alpha value is -0.320. The molecule has 0 bridgehead atoms. The van der Waals surface area contributed by atoms with Crippen molar-refractivity contribution in [3.05, 3.63) is 0 Å². The Morgan fingerprint density at radius 3 is 1.21 bits per heavy atom. The highest BCUT2D eigenvalue weighted by Crippen LogP contribution is 2.36. The van der Waals surface area contributed by atoms with Crippen LogP contribution in [-0.2, 0) is 9.47 Å². The number of rotatable bonds is 2. The first kappa shape index (κ1) is 21.7. The molecule has 0 spiro atoms. The SMILES string of the molecule is CC[C@@]1(C)[C@@H](O)OC[C@@H](O)[C@@H]1O.CC[C@@]1(C)[C@@H](O)OC[C@@H](O)[C@@H]1O. The molecule has 2 rings (SSSR count). The van der Waals surface area contributed by atoms with Gasteiger partial charge in [-0.05, 0) is 12.8 Å². The van der Waals surface area contributed by atoms with Crippen molar-refractivity contribution >= 4 is 0 Å². The van der Waals surface area contributed by atoms with Gasteiger partial charge in [-0.15, -0.1) is 0 Å².